The van der Waals surface area contributed by atoms with Gasteiger partial charge in [0.25, 0.3) is 0 Å². The lowest BCUT2D eigenvalue weighted by molar-refractivity contribution is -0.336. The van der Waals surface area contributed by atoms with Gasteiger partial charge in [0.05, 0.1) is 0 Å². The third-order valence-corrected chi connectivity index (χ3v) is 9.25. The Hall–Kier alpha value is -3.11. The van der Waals surface area contributed by atoms with Crippen molar-refractivity contribution in [3.8, 4) is 11.1 Å². The Kier molecular flexibility index (Phi) is 6.46. The zero-order chi connectivity index (χ0) is 29.4. The van der Waals surface area contributed by atoms with Crippen LogP contribution in [-0.4, -0.2) is 49.1 Å². The van der Waals surface area contributed by atoms with Gasteiger partial charge < -0.3 is 9.47 Å². The topological polar surface area (TPSA) is 47.9 Å². The molecule has 0 aliphatic heterocycles. The molecule has 7 rings (SSSR count). The molecule has 1 unspecified atom stereocenters. The highest BCUT2D eigenvalue weighted by Gasteiger charge is 2.75. The maximum absolute atomic E-state index is 14.6. The van der Waals surface area contributed by atoms with Gasteiger partial charge in [-0.3, -0.25) is 4.99 Å². The number of nitrogens with zero attached hydrogens (tertiary/aromatic N) is 1. The van der Waals surface area contributed by atoms with E-state index in [0.717, 1.165) is 38.4 Å². The van der Waals surface area contributed by atoms with E-state index in [1.54, 1.807) is 24.3 Å². The smallest absolute Gasteiger partial charge is 0.433 e. The van der Waals surface area contributed by atoms with Gasteiger partial charge in [-0.25, -0.2) is 4.79 Å². The highest BCUT2D eigenvalue weighted by Crippen LogP contribution is 2.57. The number of fused-ring (bicyclic) bond motifs is 3. The maximum atomic E-state index is 14.6. The summed E-state index contributed by atoms with van der Waals surface area (Å²) in [5.41, 5.74) is -0.575. The fourth-order valence-electron chi connectivity index (χ4n) is 7.93. The summed E-state index contributed by atoms with van der Waals surface area (Å²) in [6.07, 6.45) is -1.20. The summed E-state index contributed by atoms with van der Waals surface area (Å²) >= 11 is 0. The van der Waals surface area contributed by atoms with Crippen LogP contribution in [0.15, 0.2) is 47.5 Å². The number of alkyl halides is 7. The molecule has 0 heterocycles. The number of hydrogen-bond acceptors (Lipinski definition) is 4. The molecule has 2 aromatic carbocycles. The van der Waals surface area contributed by atoms with Gasteiger partial charge in [0.2, 0.25) is 0 Å². The fraction of sp³-hybridized carbons (Fsp3) is 0.533. The number of hydrogen-bond donors (Lipinski definition) is 0. The largest absolute Gasteiger partial charge is 0.508 e. The highest BCUT2D eigenvalue weighted by atomic mass is 19.4. The summed E-state index contributed by atoms with van der Waals surface area (Å²) in [5, 5.41) is 0. The quantitative estimate of drug-likeness (QED) is 0.196. The lowest BCUT2D eigenvalue weighted by atomic mass is 9.54. The Morgan fingerprint density at radius 3 is 2.05 bits per heavy atom. The maximum Gasteiger partial charge on any atom is 0.508 e. The van der Waals surface area contributed by atoms with E-state index in [1.165, 1.54) is 25.3 Å². The van der Waals surface area contributed by atoms with Crippen molar-refractivity contribution < 1.29 is 45.0 Å². The van der Waals surface area contributed by atoms with Crippen LogP contribution in [0.4, 0.5) is 35.5 Å². The lowest BCUT2D eigenvalue weighted by Gasteiger charge is -2.55. The molecule has 11 heteroatoms. The Morgan fingerprint density at radius 1 is 0.878 bits per heavy atom. The van der Waals surface area contributed by atoms with E-state index in [1.807, 2.05) is 0 Å². The van der Waals surface area contributed by atoms with Crippen LogP contribution in [-0.2, 0) is 9.47 Å². The third kappa shape index (κ3) is 4.50. The number of rotatable bonds is 6. The van der Waals surface area contributed by atoms with Crippen LogP contribution in [0.5, 0.6) is 0 Å². The molecule has 5 aliphatic carbocycles. The summed E-state index contributed by atoms with van der Waals surface area (Å²) in [4.78, 5) is 16.0. The number of aliphatic imine (C=N–C) groups is 1. The van der Waals surface area contributed by atoms with Crippen molar-refractivity contribution in [1.82, 2.24) is 0 Å². The minimum Gasteiger partial charge on any atom is -0.433 e. The average molecular weight is 584 g/mol. The molecule has 0 saturated heterocycles. The summed E-state index contributed by atoms with van der Waals surface area (Å²) in [6, 6.07) is 10.4. The first-order chi connectivity index (χ1) is 19.2. The summed E-state index contributed by atoms with van der Waals surface area (Å²) < 4.78 is 107. The van der Waals surface area contributed by atoms with E-state index >= 15 is 0 Å². The Morgan fingerprint density at radius 2 is 1.46 bits per heavy atom. The molecular weight excluding hydrogens is 555 g/mol. The minimum atomic E-state index is -6.48. The molecular formula is C30H28F7NO3. The number of halogens is 7. The van der Waals surface area contributed by atoms with Crippen LogP contribution in [0.3, 0.4) is 0 Å². The van der Waals surface area contributed by atoms with E-state index in [9.17, 15) is 35.5 Å². The molecule has 4 bridgehead atoms. The Bertz CT molecular complexity index is 1370. The van der Waals surface area contributed by atoms with Gasteiger partial charge in [-0.05, 0) is 84.6 Å². The summed E-state index contributed by atoms with van der Waals surface area (Å²) in [5.74, 6) is -10.8. The predicted octanol–water partition coefficient (Wildman–Crippen LogP) is 8.17. The van der Waals surface area contributed by atoms with Crippen LogP contribution < -0.4 is 0 Å². The van der Waals surface area contributed by atoms with Gasteiger partial charge in [0.15, 0.2) is 0 Å². The molecule has 0 radical (unpaired) electrons. The van der Waals surface area contributed by atoms with Crippen LogP contribution >= 0.6 is 0 Å². The zero-order valence-electron chi connectivity index (χ0n) is 22.1. The second kappa shape index (κ2) is 9.46. The van der Waals surface area contributed by atoms with Crippen molar-refractivity contribution in [3.63, 3.8) is 0 Å². The first-order valence-electron chi connectivity index (χ1n) is 13.6. The van der Waals surface area contributed by atoms with E-state index in [4.69, 9.17) is 9.47 Å². The third-order valence-electron chi connectivity index (χ3n) is 9.25. The number of carbonyl (C=O) groups is 1. The molecule has 0 aromatic heterocycles. The molecule has 5 aliphatic rings. The lowest BCUT2D eigenvalue weighted by Crippen LogP contribution is -2.56. The van der Waals surface area contributed by atoms with Gasteiger partial charge in [-0.2, -0.15) is 30.7 Å². The first-order valence-corrected chi connectivity index (χ1v) is 13.6. The van der Waals surface area contributed by atoms with E-state index < -0.39 is 47.0 Å². The summed E-state index contributed by atoms with van der Waals surface area (Å²) in [6.45, 7) is -0.119. The van der Waals surface area contributed by atoms with Crippen molar-refractivity contribution in [1.29, 1.82) is 0 Å². The van der Waals surface area contributed by atoms with E-state index in [2.05, 4.69) is 4.99 Å². The number of benzene rings is 2. The van der Waals surface area contributed by atoms with Gasteiger partial charge in [-0.15, -0.1) is 0 Å². The van der Waals surface area contributed by atoms with Gasteiger partial charge in [-0.1, -0.05) is 36.4 Å². The highest BCUT2D eigenvalue weighted by molar-refractivity contribution is 6.07. The zero-order valence-corrected chi connectivity index (χ0v) is 22.1. The molecule has 41 heavy (non-hydrogen) atoms. The molecule has 4 saturated carbocycles. The van der Waals surface area contributed by atoms with Crippen LogP contribution in [0.2, 0.25) is 0 Å². The van der Waals surface area contributed by atoms with E-state index in [0.29, 0.717) is 40.0 Å². The van der Waals surface area contributed by atoms with Gasteiger partial charge in [0.1, 0.15) is 17.9 Å². The monoisotopic (exact) mass is 583 g/mol. The second-order valence-corrected chi connectivity index (χ2v) is 11.9. The molecule has 4 nitrogen and oxygen atoms in total. The van der Waals surface area contributed by atoms with Crippen LogP contribution in [0, 0.1) is 17.8 Å². The molecule has 0 N–H and O–H groups in total. The molecule has 2 aromatic rings. The van der Waals surface area contributed by atoms with Crippen molar-refractivity contribution in [2.75, 3.05) is 13.7 Å². The minimum absolute atomic E-state index is 0.119. The SMILES string of the molecule is C/N=C(/c1ccc2c(c1)-c1ccccc1C2COC(=O)OC12CC3CC(CC(C3)C1)C2)C(F)(F)C(F)(F)C(F)(F)F. The van der Waals surface area contributed by atoms with Crippen molar-refractivity contribution in [2.24, 2.45) is 22.7 Å². The van der Waals surface area contributed by atoms with Gasteiger partial charge in [0, 0.05) is 18.5 Å². The predicted molar refractivity (Wildman–Crippen MR) is 135 cm³/mol. The van der Waals surface area contributed by atoms with Crippen LogP contribution in [0.25, 0.3) is 11.1 Å². The molecule has 220 valence electrons. The second-order valence-electron chi connectivity index (χ2n) is 11.9. The normalized spacial score (nSPS) is 28.8. The van der Waals surface area contributed by atoms with Crippen LogP contribution in [0.1, 0.15) is 61.1 Å². The molecule has 0 spiro atoms. The molecule has 4 fully saturated rings. The summed E-state index contributed by atoms with van der Waals surface area (Å²) in [7, 11) is 0.739. The van der Waals surface area contributed by atoms with Crippen molar-refractivity contribution in [3.05, 3.63) is 59.2 Å². The molecule has 1 atom stereocenters. The standard InChI is InChI=1S/C30H28F7NO3/c1-38-25(28(31,32)29(33,34)30(35,36)37)19-6-7-22-23(11-19)20-4-2-3-5-21(20)24(22)15-40-26(39)41-27-12-16-8-17(13-27)10-18(9-16)14-27/h2-7,11,16-18,24H,8-10,12-15H2,1H3/b38-25-. The van der Waals surface area contributed by atoms with Crippen molar-refractivity contribution >= 4 is 11.9 Å². The van der Waals surface area contributed by atoms with Crippen molar-refractivity contribution in [2.45, 2.75) is 68.1 Å². The Labute approximate surface area is 231 Å². The van der Waals surface area contributed by atoms with Gasteiger partial charge >= 0.3 is 24.2 Å². The number of carbonyl (C=O) groups excluding carboxylic acids is 1. The first kappa shape index (κ1) is 28.0. The number of ether oxygens (including phenoxy) is 2. The Balaban J connectivity index is 1.24. The fourth-order valence-corrected chi connectivity index (χ4v) is 7.93. The average Bonchev–Trinajstić information content (AvgIpc) is 3.19. The van der Waals surface area contributed by atoms with E-state index in [-0.39, 0.29) is 6.61 Å². The molecule has 0 amide bonds.